The summed E-state index contributed by atoms with van der Waals surface area (Å²) in [5, 5.41) is 0. The molecule has 3 heteroatoms. The van der Waals surface area contributed by atoms with Gasteiger partial charge in [-0.3, -0.25) is 9.80 Å². The molecular weight excluding hydrogens is 236 g/mol. The van der Waals surface area contributed by atoms with Gasteiger partial charge in [-0.05, 0) is 58.3 Å². The summed E-state index contributed by atoms with van der Waals surface area (Å²) in [5.74, 6) is 2.15. The summed E-state index contributed by atoms with van der Waals surface area (Å²) >= 11 is 0. The van der Waals surface area contributed by atoms with E-state index in [9.17, 15) is 0 Å². The second kappa shape index (κ2) is 5.68. The largest absolute Gasteiger partial charge is 0.465 e. The summed E-state index contributed by atoms with van der Waals surface area (Å²) in [5.41, 5.74) is 0. The van der Waals surface area contributed by atoms with Gasteiger partial charge in [-0.25, -0.2) is 0 Å². The first kappa shape index (κ1) is 13.2. The minimum atomic E-state index is 0.413. The second-order valence-electron chi connectivity index (χ2n) is 6.16. The molecule has 3 heterocycles. The number of hydrogen-bond acceptors (Lipinski definition) is 3. The van der Waals surface area contributed by atoms with Crippen LogP contribution in [-0.2, 0) is 0 Å². The average molecular weight is 262 g/mol. The van der Waals surface area contributed by atoms with E-state index >= 15 is 0 Å². The molecule has 0 amide bonds. The Labute approximate surface area is 116 Å². The van der Waals surface area contributed by atoms with Gasteiger partial charge in [0.1, 0.15) is 11.5 Å². The Bertz CT molecular complexity index is 415. The van der Waals surface area contributed by atoms with Crippen molar-refractivity contribution in [3.8, 4) is 0 Å². The van der Waals surface area contributed by atoms with Gasteiger partial charge in [0, 0.05) is 19.1 Å². The summed E-state index contributed by atoms with van der Waals surface area (Å²) in [6.07, 6.45) is 5.47. The van der Waals surface area contributed by atoms with E-state index in [-0.39, 0.29) is 0 Å². The number of furan rings is 1. The molecule has 2 atom stereocenters. The van der Waals surface area contributed by atoms with Crippen molar-refractivity contribution < 1.29 is 4.42 Å². The minimum absolute atomic E-state index is 0.413. The van der Waals surface area contributed by atoms with Crippen molar-refractivity contribution in [3.63, 3.8) is 0 Å². The van der Waals surface area contributed by atoms with Crippen molar-refractivity contribution in [2.24, 2.45) is 0 Å². The molecule has 2 fully saturated rings. The van der Waals surface area contributed by atoms with Crippen molar-refractivity contribution >= 4 is 0 Å². The van der Waals surface area contributed by atoms with Crippen molar-refractivity contribution in [1.29, 1.82) is 0 Å². The maximum Gasteiger partial charge on any atom is 0.121 e. The molecule has 0 aliphatic carbocycles. The summed E-state index contributed by atoms with van der Waals surface area (Å²) in [4.78, 5) is 5.33. The first-order chi connectivity index (χ1) is 9.24. The number of aryl methyl sites for hydroxylation is 1. The molecule has 2 aliphatic heterocycles. The number of nitrogens with zero attached hydrogens (tertiary/aromatic N) is 2. The highest BCUT2D eigenvalue weighted by Crippen LogP contribution is 2.27. The van der Waals surface area contributed by atoms with Gasteiger partial charge >= 0.3 is 0 Å². The van der Waals surface area contributed by atoms with Gasteiger partial charge in [-0.15, -0.1) is 0 Å². The number of fused-ring (bicyclic) bond motifs is 1. The average Bonchev–Trinajstić information content (AvgIpc) is 2.74. The van der Waals surface area contributed by atoms with Crippen LogP contribution in [0.2, 0.25) is 0 Å². The lowest BCUT2D eigenvalue weighted by molar-refractivity contribution is 0.117. The Morgan fingerprint density at radius 2 is 2.00 bits per heavy atom. The Morgan fingerprint density at radius 1 is 1.16 bits per heavy atom. The molecule has 3 nitrogen and oxygen atoms in total. The molecule has 3 rings (SSSR count). The maximum atomic E-state index is 5.82. The van der Waals surface area contributed by atoms with Crippen LogP contribution in [0.3, 0.4) is 0 Å². The SMILES string of the molecule is Cc1ccc(C(C)N2CCCN3CCCCC3C2)o1. The van der Waals surface area contributed by atoms with Gasteiger partial charge < -0.3 is 4.42 Å². The van der Waals surface area contributed by atoms with Gasteiger partial charge in [0.15, 0.2) is 0 Å². The Kier molecular flexibility index (Phi) is 3.94. The van der Waals surface area contributed by atoms with Gasteiger partial charge in [0.05, 0.1) is 6.04 Å². The Hall–Kier alpha value is -0.800. The number of rotatable bonds is 2. The fraction of sp³-hybridized carbons (Fsp3) is 0.750. The monoisotopic (exact) mass is 262 g/mol. The lowest BCUT2D eigenvalue weighted by Gasteiger charge is -2.36. The Morgan fingerprint density at radius 3 is 2.79 bits per heavy atom. The molecule has 0 saturated carbocycles. The molecule has 0 aromatic carbocycles. The van der Waals surface area contributed by atoms with Crippen molar-refractivity contribution in [2.75, 3.05) is 26.2 Å². The molecule has 0 spiro atoms. The van der Waals surface area contributed by atoms with Gasteiger partial charge in [0.2, 0.25) is 0 Å². The standard InChI is InChI=1S/C16H26N2O/c1-13-7-8-16(19-13)14(2)18-11-5-10-17-9-4-3-6-15(17)12-18/h7-8,14-15H,3-6,9-12H2,1-2H3. The van der Waals surface area contributed by atoms with E-state index in [0.29, 0.717) is 6.04 Å². The van der Waals surface area contributed by atoms with E-state index < -0.39 is 0 Å². The van der Waals surface area contributed by atoms with Crippen LogP contribution in [0, 0.1) is 6.92 Å². The van der Waals surface area contributed by atoms with Crippen molar-refractivity contribution in [2.45, 2.75) is 51.6 Å². The fourth-order valence-electron chi connectivity index (χ4n) is 3.61. The van der Waals surface area contributed by atoms with Crippen LogP contribution >= 0.6 is 0 Å². The molecular formula is C16H26N2O. The van der Waals surface area contributed by atoms with Crippen LogP contribution in [0.4, 0.5) is 0 Å². The molecule has 2 unspecified atom stereocenters. The highest BCUT2D eigenvalue weighted by Gasteiger charge is 2.29. The van der Waals surface area contributed by atoms with Crippen LogP contribution in [0.15, 0.2) is 16.5 Å². The van der Waals surface area contributed by atoms with E-state index in [1.165, 1.54) is 51.9 Å². The third-order valence-electron chi connectivity index (χ3n) is 4.81. The van der Waals surface area contributed by atoms with E-state index in [4.69, 9.17) is 4.42 Å². The minimum Gasteiger partial charge on any atom is -0.465 e. The normalized spacial score (nSPS) is 27.8. The molecule has 1 aromatic heterocycles. The van der Waals surface area contributed by atoms with Crippen LogP contribution in [0.1, 0.15) is 50.2 Å². The van der Waals surface area contributed by atoms with Crippen LogP contribution in [0.25, 0.3) is 0 Å². The number of hydrogen-bond donors (Lipinski definition) is 0. The highest BCUT2D eigenvalue weighted by atomic mass is 16.3. The van der Waals surface area contributed by atoms with Crippen LogP contribution < -0.4 is 0 Å². The lowest BCUT2D eigenvalue weighted by atomic mass is 10.0. The zero-order chi connectivity index (χ0) is 13.2. The van der Waals surface area contributed by atoms with E-state index in [0.717, 1.165) is 17.6 Å². The van der Waals surface area contributed by atoms with Crippen molar-refractivity contribution in [1.82, 2.24) is 9.80 Å². The van der Waals surface area contributed by atoms with Gasteiger partial charge in [-0.1, -0.05) is 6.42 Å². The molecule has 0 radical (unpaired) electrons. The van der Waals surface area contributed by atoms with Crippen molar-refractivity contribution in [3.05, 3.63) is 23.7 Å². The van der Waals surface area contributed by atoms with E-state index in [1.807, 2.05) is 6.92 Å². The molecule has 19 heavy (non-hydrogen) atoms. The molecule has 106 valence electrons. The summed E-state index contributed by atoms with van der Waals surface area (Å²) in [6, 6.07) is 5.41. The first-order valence-electron chi connectivity index (χ1n) is 7.78. The topological polar surface area (TPSA) is 19.6 Å². The molecule has 1 aromatic rings. The predicted octanol–water partition coefficient (Wildman–Crippen LogP) is 3.21. The fourth-order valence-corrected chi connectivity index (χ4v) is 3.61. The third kappa shape index (κ3) is 2.87. The van der Waals surface area contributed by atoms with Crippen LogP contribution in [0.5, 0.6) is 0 Å². The predicted molar refractivity (Wildman–Crippen MR) is 77.3 cm³/mol. The third-order valence-corrected chi connectivity index (χ3v) is 4.81. The number of piperidine rings is 1. The van der Waals surface area contributed by atoms with Gasteiger partial charge in [-0.2, -0.15) is 0 Å². The highest BCUT2D eigenvalue weighted by molar-refractivity contribution is 5.09. The molecule has 2 saturated heterocycles. The zero-order valence-corrected chi connectivity index (χ0v) is 12.3. The quantitative estimate of drug-likeness (QED) is 0.816. The van der Waals surface area contributed by atoms with E-state index in [2.05, 4.69) is 28.9 Å². The first-order valence-corrected chi connectivity index (χ1v) is 7.78. The lowest BCUT2D eigenvalue weighted by Crippen LogP contribution is -2.44. The van der Waals surface area contributed by atoms with Gasteiger partial charge in [0.25, 0.3) is 0 Å². The van der Waals surface area contributed by atoms with Crippen LogP contribution in [-0.4, -0.2) is 42.0 Å². The second-order valence-corrected chi connectivity index (χ2v) is 6.16. The Balaban J connectivity index is 1.70. The smallest absolute Gasteiger partial charge is 0.121 e. The summed E-state index contributed by atoms with van der Waals surface area (Å²) < 4.78 is 5.82. The summed E-state index contributed by atoms with van der Waals surface area (Å²) in [6.45, 7) is 9.32. The molecule has 2 aliphatic rings. The maximum absolute atomic E-state index is 5.82. The summed E-state index contributed by atoms with van der Waals surface area (Å²) in [7, 11) is 0. The zero-order valence-electron chi connectivity index (χ0n) is 12.3. The molecule has 0 N–H and O–H groups in total. The van der Waals surface area contributed by atoms with E-state index in [1.54, 1.807) is 0 Å². The molecule has 0 bridgehead atoms.